The van der Waals surface area contributed by atoms with Crippen LogP contribution in [0.5, 0.6) is 0 Å². The third-order valence-electron chi connectivity index (χ3n) is 11.0. The smallest absolute Gasteiger partial charge is 0.364 e. The number of rotatable bonds is 14. The fraction of sp³-hybridized carbons (Fsp3) is 0.757. The van der Waals surface area contributed by atoms with E-state index in [2.05, 4.69) is 5.32 Å². The van der Waals surface area contributed by atoms with E-state index in [1.165, 1.54) is 31.2 Å². The number of carbonyl (C=O) groups excluding carboxylic acids is 2. The van der Waals surface area contributed by atoms with E-state index in [1.54, 1.807) is 6.07 Å². The van der Waals surface area contributed by atoms with Gasteiger partial charge in [0.1, 0.15) is 54.9 Å². The topological polar surface area (TPSA) is 330 Å². The number of ether oxygens (including phenoxy) is 7. The highest BCUT2D eigenvalue weighted by atomic mass is 16.8. The maximum Gasteiger partial charge on any atom is 0.364 e. The Bertz CT molecular complexity index is 1520. The zero-order valence-corrected chi connectivity index (χ0v) is 32.1. The van der Waals surface area contributed by atoms with E-state index in [0.717, 1.165) is 6.92 Å². The average molecular weight is 834 g/mol. The summed E-state index contributed by atoms with van der Waals surface area (Å²) in [5, 5.41) is 108. The number of aliphatic hydroxyl groups is 9. The number of carbonyl (C=O) groups is 3. The molecule has 21 heteroatoms. The lowest BCUT2D eigenvalue weighted by atomic mass is 9.85. The first-order chi connectivity index (χ1) is 27.4. The summed E-state index contributed by atoms with van der Waals surface area (Å²) in [4.78, 5) is 38.9. The third kappa shape index (κ3) is 9.96. The second kappa shape index (κ2) is 19.6. The molecule has 328 valence electrons. The fourth-order valence-electron chi connectivity index (χ4n) is 7.80. The molecular formula is C37H55NO20. The zero-order chi connectivity index (χ0) is 42.6. The van der Waals surface area contributed by atoms with Crippen molar-refractivity contribution in [3.8, 4) is 0 Å². The second-order valence-electron chi connectivity index (χ2n) is 15.3. The van der Waals surface area contributed by atoms with Crippen LogP contribution in [0.15, 0.2) is 30.3 Å². The largest absolute Gasteiger partial charge is 0.477 e. The van der Waals surface area contributed by atoms with E-state index < -0.39 is 147 Å². The Morgan fingerprint density at radius 1 is 0.879 bits per heavy atom. The van der Waals surface area contributed by atoms with Crippen LogP contribution in [0.2, 0.25) is 0 Å². The van der Waals surface area contributed by atoms with Crippen molar-refractivity contribution in [3.63, 3.8) is 0 Å². The monoisotopic (exact) mass is 833 g/mol. The molecule has 0 radical (unpaired) electrons. The lowest BCUT2D eigenvalue weighted by Gasteiger charge is -2.51. The van der Waals surface area contributed by atoms with Gasteiger partial charge in [-0.05, 0) is 37.8 Å². The number of esters is 1. The van der Waals surface area contributed by atoms with Gasteiger partial charge < -0.3 is 89.5 Å². The van der Waals surface area contributed by atoms with Crippen LogP contribution in [-0.4, -0.2) is 192 Å². The zero-order valence-electron chi connectivity index (χ0n) is 32.1. The standard InChI is InChI=1S/C37H55NO20/c1-15-8-7-11-21(29(15)56-34-28(48)27(47)24(44)16(2)52-34)53-35-32(55-33(49)18-9-5-4-6-10-18)31(26(46)22(14-40)54-35)58-37(36(50)51)12-19(42)23(38-17(3)41)30(57-37)25(45)20(43)13-39/h4-6,9-10,15-16,19-32,34-35,39-40,42-48H,7-8,11-14H2,1-3H3,(H,38,41)(H,50,51)/t15-,16-,19-,20+,21+,22+,23-,24+,25+,26-,27+,28-,29-,30?,31-,32+,34?,35+,37-/m0/s1. The lowest BCUT2D eigenvalue weighted by molar-refractivity contribution is -0.378. The van der Waals surface area contributed by atoms with Gasteiger partial charge in [0.2, 0.25) is 5.91 Å². The number of amides is 1. The Kier molecular flexibility index (Phi) is 15.6. The van der Waals surface area contributed by atoms with Gasteiger partial charge >= 0.3 is 11.9 Å². The molecule has 3 saturated heterocycles. The molecule has 58 heavy (non-hydrogen) atoms. The Hall–Kier alpha value is -2.97. The summed E-state index contributed by atoms with van der Waals surface area (Å²) in [6.45, 7) is 2.40. The van der Waals surface area contributed by atoms with Gasteiger partial charge in [0.25, 0.3) is 5.79 Å². The molecule has 19 atom stereocenters. The fourth-order valence-corrected chi connectivity index (χ4v) is 7.80. The summed E-state index contributed by atoms with van der Waals surface area (Å²) in [7, 11) is 0. The molecule has 3 heterocycles. The number of hydrogen-bond donors (Lipinski definition) is 11. The van der Waals surface area contributed by atoms with Crippen LogP contribution in [0.4, 0.5) is 0 Å². The first kappa shape index (κ1) is 46.1. The maximum atomic E-state index is 13.7. The van der Waals surface area contributed by atoms with Crippen molar-refractivity contribution < 1.29 is 98.6 Å². The molecule has 0 aromatic heterocycles. The Balaban J connectivity index is 1.53. The highest BCUT2D eigenvalue weighted by molar-refractivity contribution is 5.89. The normalized spacial score (nSPS) is 41.9. The first-order valence-corrected chi connectivity index (χ1v) is 19.1. The van der Waals surface area contributed by atoms with Gasteiger partial charge in [0, 0.05) is 13.3 Å². The molecule has 5 rings (SSSR count). The predicted molar refractivity (Wildman–Crippen MR) is 190 cm³/mol. The summed E-state index contributed by atoms with van der Waals surface area (Å²) in [6, 6.07) is 5.94. The van der Waals surface area contributed by atoms with Gasteiger partial charge in [-0.1, -0.05) is 31.5 Å². The molecule has 3 aliphatic heterocycles. The Labute approximate surface area is 332 Å². The van der Waals surface area contributed by atoms with Crippen LogP contribution in [0.1, 0.15) is 56.8 Å². The van der Waals surface area contributed by atoms with Crippen molar-refractivity contribution in [1.29, 1.82) is 0 Å². The number of aliphatic hydroxyl groups excluding tert-OH is 9. The van der Waals surface area contributed by atoms with E-state index in [1.807, 2.05) is 6.92 Å². The maximum absolute atomic E-state index is 13.7. The van der Waals surface area contributed by atoms with Crippen LogP contribution >= 0.6 is 0 Å². The van der Waals surface area contributed by atoms with Crippen molar-refractivity contribution in [2.45, 2.75) is 156 Å². The minimum atomic E-state index is -3.04. The summed E-state index contributed by atoms with van der Waals surface area (Å²) < 4.78 is 42.0. The molecule has 11 N–H and O–H groups in total. The summed E-state index contributed by atoms with van der Waals surface area (Å²) in [6.07, 6.45) is -25.7. The van der Waals surface area contributed by atoms with Crippen LogP contribution in [0.25, 0.3) is 0 Å². The third-order valence-corrected chi connectivity index (χ3v) is 11.0. The molecule has 2 unspecified atom stereocenters. The van der Waals surface area contributed by atoms with Crippen molar-refractivity contribution in [2.24, 2.45) is 5.92 Å². The molecule has 0 bridgehead atoms. The van der Waals surface area contributed by atoms with Gasteiger partial charge in [-0.3, -0.25) is 4.79 Å². The highest BCUT2D eigenvalue weighted by Crippen LogP contribution is 2.40. The number of aliphatic carboxylic acids is 1. The molecule has 4 fully saturated rings. The highest BCUT2D eigenvalue weighted by Gasteiger charge is 2.61. The van der Waals surface area contributed by atoms with E-state index >= 15 is 0 Å². The van der Waals surface area contributed by atoms with Gasteiger partial charge in [0.05, 0.1) is 49.2 Å². The summed E-state index contributed by atoms with van der Waals surface area (Å²) in [5.74, 6) is -7.03. The molecule has 21 nitrogen and oxygen atoms in total. The van der Waals surface area contributed by atoms with Crippen molar-refractivity contribution in [1.82, 2.24) is 5.32 Å². The minimum Gasteiger partial charge on any atom is -0.477 e. The van der Waals surface area contributed by atoms with E-state index in [9.17, 15) is 65.4 Å². The quantitative estimate of drug-likeness (QED) is 0.0802. The summed E-state index contributed by atoms with van der Waals surface area (Å²) in [5.41, 5.74) is 0.00110. The predicted octanol–water partition coefficient (Wildman–Crippen LogP) is -3.76. The molecule has 4 aliphatic rings. The Morgan fingerprint density at radius 2 is 1.57 bits per heavy atom. The van der Waals surface area contributed by atoms with Crippen molar-refractivity contribution in [3.05, 3.63) is 35.9 Å². The Morgan fingerprint density at radius 3 is 2.19 bits per heavy atom. The molecule has 1 aromatic carbocycles. The summed E-state index contributed by atoms with van der Waals surface area (Å²) >= 11 is 0. The van der Waals surface area contributed by atoms with Crippen LogP contribution in [-0.2, 0) is 42.7 Å². The molecule has 1 aliphatic carbocycles. The van der Waals surface area contributed by atoms with E-state index in [-0.39, 0.29) is 17.9 Å². The SMILES string of the molecule is CC(=O)N[C@@H]1C([C@H](O)[C@H](O)CO)O[C@@](O[C@H]2[C@@H](O)[C@@H](CO)O[C@@H](O[C@@H]3CCC[C@H](C)[C@@H]3OC3O[C@@H](C)[C@@H](O)[C@@H](O)[C@@H]3O)[C@@H]2OC(=O)c2ccccc2)(C(=O)O)C[C@@H]1O. The number of carboxylic acid groups (broad SMARTS) is 1. The van der Waals surface area contributed by atoms with Crippen LogP contribution in [0, 0.1) is 5.92 Å². The molecule has 1 aromatic rings. The number of hydrogen-bond acceptors (Lipinski definition) is 19. The minimum absolute atomic E-state index is 0.00110. The van der Waals surface area contributed by atoms with Crippen molar-refractivity contribution >= 4 is 17.8 Å². The first-order valence-electron chi connectivity index (χ1n) is 19.1. The molecular weight excluding hydrogens is 778 g/mol. The number of carboxylic acids is 1. The van der Waals surface area contributed by atoms with Gasteiger partial charge in [-0.2, -0.15) is 0 Å². The number of nitrogens with one attached hydrogen (secondary N) is 1. The van der Waals surface area contributed by atoms with Crippen molar-refractivity contribution in [2.75, 3.05) is 13.2 Å². The van der Waals surface area contributed by atoms with Gasteiger partial charge in [-0.25, -0.2) is 9.59 Å². The average Bonchev–Trinajstić information content (AvgIpc) is 3.19. The van der Waals surface area contributed by atoms with E-state index in [0.29, 0.717) is 12.8 Å². The molecule has 1 amide bonds. The van der Waals surface area contributed by atoms with E-state index in [4.69, 9.17) is 33.2 Å². The molecule has 0 spiro atoms. The number of benzene rings is 1. The van der Waals surface area contributed by atoms with Gasteiger partial charge in [0.15, 0.2) is 18.7 Å². The molecule has 1 saturated carbocycles. The van der Waals surface area contributed by atoms with Crippen LogP contribution < -0.4 is 5.32 Å². The lowest BCUT2D eigenvalue weighted by Crippen LogP contribution is -2.70. The van der Waals surface area contributed by atoms with Gasteiger partial charge in [-0.15, -0.1) is 0 Å². The second-order valence-corrected chi connectivity index (χ2v) is 15.3. The van der Waals surface area contributed by atoms with Crippen LogP contribution in [0.3, 0.4) is 0 Å².